The molecule has 2 heterocycles. The SMILES string of the molecule is Cc1c(F)c(C(F)(F)F)c(F)c(Cl)c1-n1nc2nc(C(F)(F)F)nc(C(F)(F)F)c2c1N. The molecule has 0 aliphatic rings. The standard InChI is InChI=1S/C15H5ClF11N5/c1-2-6(17)4(13(19,20)21)7(18)5(16)8(2)32-10(28)3-9(14(22,23)24)29-12(15(25,26)27)30-11(3)31-32/h28H2,1H3. The van der Waals surface area contributed by atoms with Crippen molar-refractivity contribution in [1.29, 1.82) is 0 Å². The Kier molecular flexibility index (Phi) is 5.23. The second kappa shape index (κ2) is 7.05. The molecule has 2 N–H and O–H groups in total. The molecule has 0 aliphatic heterocycles. The number of nitrogens with two attached hydrogens (primary N) is 1. The number of hydrogen-bond acceptors (Lipinski definition) is 4. The Morgan fingerprint density at radius 2 is 1.41 bits per heavy atom. The first-order valence-corrected chi connectivity index (χ1v) is 8.20. The number of benzene rings is 1. The van der Waals surface area contributed by atoms with E-state index in [1.807, 2.05) is 0 Å². The summed E-state index contributed by atoms with van der Waals surface area (Å²) in [5, 5.41) is 0.527. The number of nitrogens with zero attached hydrogens (tertiary/aromatic N) is 4. The van der Waals surface area contributed by atoms with E-state index in [2.05, 4.69) is 15.1 Å². The Balaban J connectivity index is 2.46. The van der Waals surface area contributed by atoms with Crippen LogP contribution in [-0.4, -0.2) is 19.7 Å². The predicted molar refractivity (Wildman–Crippen MR) is 85.7 cm³/mol. The van der Waals surface area contributed by atoms with Crippen LogP contribution >= 0.6 is 11.6 Å². The van der Waals surface area contributed by atoms with Crippen LogP contribution in [-0.2, 0) is 18.5 Å². The zero-order valence-corrected chi connectivity index (χ0v) is 15.7. The van der Waals surface area contributed by atoms with Gasteiger partial charge in [0.15, 0.2) is 17.2 Å². The van der Waals surface area contributed by atoms with Gasteiger partial charge in [-0.25, -0.2) is 23.4 Å². The van der Waals surface area contributed by atoms with Crippen LogP contribution in [0.25, 0.3) is 16.7 Å². The van der Waals surface area contributed by atoms with E-state index in [0.29, 0.717) is 6.92 Å². The van der Waals surface area contributed by atoms with Gasteiger partial charge in [-0.3, -0.25) is 0 Å². The van der Waals surface area contributed by atoms with Gasteiger partial charge in [0, 0.05) is 5.56 Å². The third-order valence-corrected chi connectivity index (χ3v) is 4.46. The van der Waals surface area contributed by atoms with Crippen molar-refractivity contribution in [3.8, 4) is 5.69 Å². The molecule has 3 aromatic rings. The Morgan fingerprint density at radius 3 is 1.88 bits per heavy atom. The molecule has 32 heavy (non-hydrogen) atoms. The number of hydrogen-bond donors (Lipinski definition) is 1. The van der Waals surface area contributed by atoms with E-state index < -0.39 is 80.4 Å². The largest absolute Gasteiger partial charge is 0.451 e. The van der Waals surface area contributed by atoms with Gasteiger partial charge in [-0.1, -0.05) is 11.6 Å². The summed E-state index contributed by atoms with van der Waals surface area (Å²) in [4.78, 5) is 5.24. The number of aromatic nitrogens is 4. The number of fused-ring (bicyclic) bond motifs is 1. The topological polar surface area (TPSA) is 69.6 Å². The first-order chi connectivity index (χ1) is 14.4. The van der Waals surface area contributed by atoms with Gasteiger partial charge in [0.25, 0.3) is 0 Å². The highest BCUT2D eigenvalue weighted by Crippen LogP contribution is 2.43. The Bertz CT molecular complexity index is 1210. The molecule has 174 valence electrons. The average molecular weight is 500 g/mol. The molecule has 0 bridgehead atoms. The van der Waals surface area contributed by atoms with Crippen LogP contribution in [0, 0.1) is 18.6 Å². The molecule has 1 aromatic carbocycles. The fraction of sp³-hybridized carbons (Fsp3) is 0.267. The third kappa shape index (κ3) is 3.65. The first-order valence-electron chi connectivity index (χ1n) is 7.82. The van der Waals surface area contributed by atoms with Gasteiger partial charge >= 0.3 is 18.5 Å². The Labute approximate surface area is 173 Å². The highest BCUT2D eigenvalue weighted by molar-refractivity contribution is 6.32. The van der Waals surface area contributed by atoms with Crippen molar-refractivity contribution in [3.05, 3.63) is 39.3 Å². The minimum Gasteiger partial charge on any atom is -0.383 e. The highest BCUT2D eigenvalue weighted by atomic mass is 35.5. The van der Waals surface area contributed by atoms with Gasteiger partial charge in [0.05, 0.1) is 11.1 Å². The minimum atomic E-state index is -5.54. The van der Waals surface area contributed by atoms with E-state index in [4.69, 9.17) is 17.3 Å². The van der Waals surface area contributed by atoms with Crippen molar-refractivity contribution in [2.24, 2.45) is 0 Å². The highest BCUT2D eigenvalue weighted by Gasteiger charge is 2.44. The lowest BCUT2D eigenvalue weighted by Gasteiger charge is -2.17. The summed E-state index contributed by atoms with van der Waals surface area (Å²) in [5.41, 5.74) is -2.50. The smallest absolute Gasteiger partial charge is 0.383 e. The van der Waals surface area contributed by atoms with E-state index in [0.717, 1.165) is 0 Å². The minimum absolute atomic E-state index is 0.0543. The molecule has 0 fully saturated rings. The number of anilines is 1. The van der Waals surface area contributed by atoms with Crippen LogP contribution in [0.3, 0.4) is 0 Å². The predicted octanol–water partition coefficient (Wildman–Crippen LogP) is 5.69. The van der Waals surface area contributed by atoms with Crippen molar-refractivity contribution in [1.82, 2.24) is 19.7 Å². The molecule has 0 atom stereocenters. The summed E-state index contributed by atoms with van der Waals surface area (Å²) in [6, 6.07) is 0. The molecule has 17 heteroatoms. The zero-order chi connectivity index (χ0) is 24.5. The molecular weight excluding hydrogens is 495 g/mol. The van der Waals surface area contributed by atoms with Crippen LogP contribution in [0.5, 0.6) is 0 Å². The monoisotopic (exact) mass is 499 g/mol. The number of halogens is 12. The van der Waals surface area contributed by atoms with Crippen molar-refractivity contribution in [2.75, 3.05) is 5.73 Å². The van der Waals surface area contributed by atoms with Gasteiger partial charge in [0.2, 0.25) is 5.82 Å². The summed E-state index contributed by atoms with van der Waals surface area (Å²) in [6.07, 6.45) is -16.5. The van der Waals surface area contributed by atoms with Gasteiger partial charge in [-0.05, 0) is 6.92 Å². The van der Waals surface area contributed by atoms with E-state index in [9.17, 15) is 48.3 Å². The maximum atomic E-state index is 14.3. The molecule has 3 rings (SSSR count). The molecule has 0 unspecified atom stereocenters. The van der Waals surface area contributed by atoms with Crippen molar-refractivity contribution < 1.29 is 48.3 Å². The molecule has 0 aliphatic carbocycles. The normalized spacial score (nSPS) is 13.3. The fourth-order valence-corrected chi connectivity index (χ4v) is 3.10. The molecule has 0 saturated carbocycles. The molecule has 0 amide bonds. The van der Waals surface area contributed by atoms with E-state index >= 15 is 0 Å². The van der Waals surface area contributed by atoms with Crippen LogP contribution in [0.15, 0.2) is 0 Å². The second-order valence-corrected chi connectivity index (χ2v) is 6.55. The summed E-state index contributed by atoms with van der Waals surface area (Å²) < 4.78 is 146. The van der Waals surface area contributed by atoms with Gasteiger partial charge in [0.1, 0.15) is 22.2 Å². The van der Waals surface area contributed by atoms with E-state index in [-0.39, 0.29) is 4.68 Å². The summed E-state index contributed by atoms with van der Waals surface area (Å²) in [7, 11) is 0. The third-order valence-electron chi connectivity index (χ3n) is 4.11. The molecule has 0 spiro atoms. The van der Waals surface area contributed by atoms with Crippen LogP contribution in [0.1, 0.15) is 22.6 Å². The van der Waals surface area contributed by atoms with Gasteiger partial charge in [-0.2, -0.15) is 39.5 Å². The summed E-state index contributed by atoms with van der Waals surface area (Å²) >= 11 is 5.55. The number of alkyl halides is 9. The maximum Gasteiger partial charge on any atom is 0.451 e. The molecule has 2 aromatic heterocycles. The molecule has 5 nitrogen and oxygen atoms in total. The van der Waals surface area contributed by atoms with Crippen molar-refractivity contribution in [3.63, 3.8) is 0 Å². The molecule has 0 saturated heterocycles. The number of rotatable bonds is 1. The Morgan fingerprint density at radius 1 is 0.844 bits per heavy atom. The summed E-state index contributed by atoms with van der Waals surface area (Å²) in [6.45, 7) is 0.647. The zero-order valence-electron chi connectivity index (χ0n) is 14.9. The number of nitrogen functional groups attached to an aromatic ring is 1. The average Bonchev–Trinajstić information content (AvgIpc) is 2.93. The molecular formula is C15H5ClF11N5. The quantitative estimate of drug-likeness (QED) is 0.345. The van der Waals surface area contributed by atoms with Gasteiger partial charge < -0.3 is 5.73 Å². The first kappa shape index (κ1) is 23.7. The van der Waals surface area contributed by atoms with Crippen LogP contribution in [0.4, 0.5) is 54.1 Å². The van der Waals surface area contributed by atoms with Gasteiger partial charge in [-0.15, -0.1) is 5.10 Å². The summed E-state index contributed by atoms with van der Waals surface area (Å²) in [5.74, 6) is -7.96. The van der Waals surface area contributed by atoms with Crippen LogP contribution < -0.4 is 5.73 Å². The lowest BCUT2D eigenvalue weighted by Crippen LogP contribution is -2.17. The Hall–Kier alpha value is -2.91. The maximum absolute atomic E-state index is 14.3. The second-order valence-electron chi connectivity index (χ2n) is 6.18. The van der Waals surface area contributed by atoms with Crippen molar-refractivity contribution in [2.45, 2.75) is 25.5 Å². The lowest BCUT2D eigenvalue weighted by atomic mass is 10.1. The lowest BCUT2D eigenvalue weighted by molar-refractivity contribution is -0.151. The van der Waals surface area contributed by atoms with E-state index in [1.165, 1.54) is 0 Å². The van der Waals surface area contributed by atoms with Crippen molar-refractivity contribution >= 4 is 28.5 Å². The molecule has 0 radical (unpaired) electrons. The van der Waals surface area contributed by atoms with Crippen LogP contribution in [0.2, 0.25) is 5.02 Å². The van der Waals surface area contributed by atoms with E-state index in [1.54, 1.807) is 0 Å². The fourth-order valence-electron chi connectivity index (χ4n) is 2.78.